The second-order valence-corrected chi connectivity index (χ2v) is 3.52. The van der Waals surface area contributed by atoms with Crippen LogP contribution in [0.15, 0.2) is 41.6 Å². The molecule has 0 saturated heterocycles. The van der Waals surface area contributed by atoms with Crippen molar-refractivity contribution in [1.29, 1.82) is 0 Å². The van der Waals surface area contributed by atoms with E-state index < -0.39 is 0 Å². The van der Waals surface area contributed by atoms with Crippen LogP contribution in [0.2, 0.25) is 0 Å². The monoisotopic (exact) mass is 175 g/mol. The van der Waals surface area contributed by atoms with Crippen molar-refractivity contribution in [3.63, 3.8) is 0 Å². The van der Waals surface area contributed by atoms with Gasteiger partial charge in [-0.25, -0.2) is 0 Å². The lowest BCUT2D eigenvalue weighted by molar-refractivity contribution is 0.729. The lowest BCUT2D eigenvalue weighted by atomic mass is 10.1. The Morgan fingerprint density at radius 2 is 1.85 bits per heavy atom. The van der Waals surface area contributed by atoms with Crippen LogP contribution in [-0.4, -0.2) is 5.71 Å². The van der Waals surface area contributed by atoms with Gasteiger partial charge in [0.25, 0.3) is 0 Å². The smallest absolute Gasteiger partial charge is 0.0375 e. The molecule has 0 atom stereocenters. The summed E-state index contributed by atoms with van der Waals surface area (Å²) in [6, 6.07) is 0. The average Bonchev–Trinajstić information content (AvgIpc) is 2.08. The Hall–Kier alpha value is -1.11. The standard InChI is InChI=1S/C12H17N/c1-10-6-4-5-7-11(2)13-12(3)9-8-10/h8-9H,1-2,4-7H2,3H3/b9-8-,13-12?. The number of rotatable bonds is 0. The van der Waals surface area contributed by atoms with Crippen molar-refractivity contribution in [3.8, 4) is 0 Å². The van der Waals surface area contributed by atoms with Crippen molar-refractivity contribution in [1.82, 2.24) is 0 Å². The second-order valence-electron chi connectivity index (χ2n) is 3.52. The predicted octanol–water partition coefficient (Wildman–Crippen LogP) is 3.65. The molecule has 1 nitrogen and oxygen atoms in total. The summed E-state index contributed by atoms with van der Waals surface area (Å²) >= 11 is 0. The summed E-state index contributed by atoms with van der Waals surface area (Å²) in [5, 5.41) is 0. The molecule has 1 aliphatic rings. The van der Waals surface area contributed by atoms with Crippen molar-refractivity contribution in [2.24, 2.45) is 4.99 Å². The first-order valence-electron chi connectivity index (χ1n) is 4.77. The molecule has 70 valence electrons. The molecule has 1 rings (SSSR count). The van der Waals surface area contributed by atoms with E-state index in [4.69, 9.17) is 0 Å². The predicted molar refractivity (Wildman–Crippen MR) is 59.0 cm³/mol. The van der Waals surface area contributed by atoms with Crippen molar-refractivity contribution in [3.05, 3.63) is 36.6 Å². The number of hydrogen-bond donors (Lipinski definition) is 0. The molecule has 0 unspecified atom stereocenters. The van der Waals surface area contributed by atoms with Gasteiger partial charge in [0.1, 0.15) is 0 Å². The van der Waals surface area contributed by atoms with E-state index in [2.05, 4.69) is 24.2 Å². The van der Waals surface area contributed by atoms with Gasteiger partial charge in [0.2, 0.25) is 0 Å². The minimum Gasteiger partial charge on any atom is -0.259 e. The van der Waals surface area contributed by atoms with E-state index in [1.807, 2.05) is 13.0 Å². The highest BCUT2D eigenvalue weighted by molar-refractivity contribution is 5.93. The summed E-state index contributed by atoms with van der Waals surface area (Å²) in [6.45, 7) is 9.89. The molecule has 0 radical (unpaired) electrons. The van der Waals surface area contributed by atoms with Gasteiger partial charge >= 0.3 is 0 Å². The van der Waals surface area contributed by atoms with Crippen LogP contribution in [-0.2, 0) is 0 Å². The molecule has 0 saturated carbocycles. The summed E-state index contributed by atoms with van der Waals surface area (Å²) < 4.78 is 0. The number of hydrogen-bond acceptors (Lipinski definition) is 1. The van der Waals surface area contributed by atoms with Crippen LogP contribution in [0.1, 0.15) is 32.6 Å². The SMILES string of the molecule is C=C1/C=C\C(C)=NC(=C)CCCC1. The first-order chi connectivity index (χ1) is 6.18. The minimum absolute atomic E-state index is 0.995. The molecule has 0 bridgehead atoms. The summed E-state index contributed by atoms with van der Waals surface area (Å²) in [7, 11) is 0. The maximum atomic E-state index is 4.37. The van der Waals surface area contributed by atoms with Gasteiger partial charge in [0.05, 0.1) is 0 Å². The summed E-state index contributed by atoms with van der Waals surface area (Å²) in [4.78, 5) is 4.37. The summed E-state index contributed by atoms with van der Waals surface area (Å²) in [5.41, 5.74) is 3.21. The molecule has 0 spiro atoms. The normalized spacial score (nSPS) is 22.4. The van der Waals surface area contributed by atoms with Crippen LogP contribution in [0.5, 0.6) is 0 Å². The summed E-state index contributed by atoms with van der Waals surface area (Å²) in [5.74, 6) is 0. The van der Waals surface area contributed by atoms with E-state index in [9.17, 15) is 0 Å². The van der Waals surface area contributed by atoms with Gasteiger partial charge < -0.3 is 0 Å². The molecule has 0 aromatic heterocycles. The molecule has 1 heterocycles. The average molecular weight is 175 g/mol. The van der Waals surface area contributed by atoms with Crippen LogP contribution >= 0.6 is 0 Å². The largest absolute Gasteiger partial charge is 0.259 e. The fraction of sp³-hybridized carbons (Fsp3) is 0.417. The lowest BCUT2D eigenvalue weighted by Gasteiger charge is -2.05. The highest BCUT2D eigenvalue weighted by Gasteiger charge is 1.97. The first-order valence-corrected chi connectivity index (χ1v) is 4.77. The Kier molecular flexibility index (Phi) is 3.69. The zero-order chi connectivity index (χ0) is 9.68. The highest BCUT2D eigenvalue weighted by Crippen LogP contribution is 2.14. The molecular formula is C12H17N. The highest BCUT2D eigenvalue weighted by atomic mass is 14.7. The number of nitrogens with zero attached hydrogens (tertiary/aromatic N) is 1. The van der Waals surface area contributed by atoms with Gasteiger partial charge in [-0.15, -0.1) is 0 Å². The third-order valence-corrected chi connectivity index (χ3v) is 2.11. The van der Waals surface area contributed by atoms with Gasteiger partial charge in [-0.3, -0.25) is 4.99 Å². The van der Waals surface area contributed by atoms with Gasteiger partial charge in [-0.05, 0) is 38.7 Å². The topological polar surface area (TPSA) is 12.4 Å². The Balaban J connectivity index is 2.74. The number of aliphatic imine (C=N–C) groups is 1. The Morgan fingerprint density at radius 1 is 1.15 bits per heavy atom. The first kappa shape index (κ1) is 9.97. The molecule has 0 aromatic rings. The van der Waals surface area contributed by atoms with E-state index in [0.29, 0.717) is 0 Å². The van der Waals surface area contributed by atoms with Crippen LogP contribution in [0.25, 0.3) is 0 Å². The fourth-order valence-corrected chi connectivity index (χ4v) is 1.35. The second kappa shape index (κ2) is 4.80. The van der Waals surface area contributed by atoms with E-state index in [1.54, 1.807) is 0 Å². The Morgan fingerprint density at radius 3 is 2.62 bits per heavy atom. The zero-order valence-electron chi connectivity index (χ0n) is 8.34. The lowest BCUT2D eigenvalue weighted by Crippen LogP contribution is -1.91. The third-order valence-electron chi connectivity index (χ3n) is 2.11. The molecule has 0 N–H and O–H groups in total. The molecular weight excluding hydrogens is 158 g/mol. The zero-order valence-corrected chi connectivity index (χ0v) is 8.34. The molecule has 0 aliphatic carbocycles. The summed E-state index contributed by atoms with van der Waals surface area (Å²) in [6.07, 6.45) is 8.53. The van der Waals surface area contributed by atoms with Crippen LogP contribution in [0, 0.1) is 0 Å². The molecule has 0 fully saturated rings. The molecule has 0 amide bonds. The van der Waals surface area contributed by atoms with Crippen molar-refractivity contribution >= 4 is 5.71 Å². The van der Waals surface area contributed by atoms with Crippen LogP contribution in [0.4, 0.5) is 0 Å². The van der Waals surface area contributed by atoms with E-state index in [0.717, 1.165) is 24.3 Å². The van der Waals surface area contributed by atoms with Crippen molar-refractivity contribution in [2.45, 2.75) is 32.6 Å². The van der Waals surface area contributed by atoms with E-state index in [1.165, 1.54) is 18.4 Å². The number of allylic oxidation sites excluding steroid dienone is 4. The van der Waals surface area contributed by atoms with Crippen molar-refractivity contribution < 1.29 is 0 Å². The molecule has 1 aliphatic heterocycles. The van der Waals surface area contributed by atoms with E-state index >= 15 is 0 Å². The van der Waals surface area contributed by atoms with Gasteiger partial charge in [0, 0.05) is 11.4 Å². The molecule has 0 aromatic carbocycles. The fourth-order valence-electron chi connectivity index (χ4n) is 1.35. The van der Waals surface area contributed by atoms with E-state index in [-0.39, 0.29) is 0 Å². The molecule has 13 heavy (non-hydrogen) atoms. The van der Waals surface area contributed by atoms with Gasteiger partial charge in [0.15, 0.2) is 0 Å². The van der Waals surface area contributed by atoms with Crippen molar-refractivity contribution in [2.75, 3.05) is 0 Å². The Bertz CT molecular complexity index is 269. The maximum absolute atomic E-state index is 4.37. The van der Waals surface area contributed by atoms with Crippen LogP contribution in [0.3, 0.4) is 0 Å². The van der Waals surface area contributed by atoms with Crippen LogP contribution < -0.4 is 0 Å². The van der Waals surface area contributed by atoms with Gasteiger partial charge in [-0.2, -0.15) is 0 Å². The maximum Gasteiger partial charge on any atom is 0.0375 e. The van der Waals surface area contributed by atoms with Gasteiger partial charge in [-0.1, -0.05) is 24.8 Å². The third kappa shape index (κ3) is 3.88. The molecule has 1 heteroatoms. The Labute approximate surface area is 80.6 Å². The minimum atomic E-state index is 0.995. The quantitative estimate of drug-likeness (QED) is 0.533.